The first-order valence-corrected chi connectivity index (χ1v) is 12.0. The first-order chi connectivity index (χ1) is 14.9. The van der Waals surface area contributed by atoms with Crippen LogP contribution in [0.1, 0.15) is 29.4 Å². The number of hydrogen-bond donors (Lipinski definition) is 1. The maximum Gasteiger partial charge on any atom is 0.262 e. The minimum atomic E-state index is -3.62. The van der Waals surface area contributed by atoms with E-state index in [0.717, 1.165) is 52.9 Å². The Kier molecular flexibility index (Phi) is 5.83. The molecule has 1 aromatic heterocycles. The summed E-state index contributed by atoms with van der Waals surface area (Å²) in [4.78, 5) is 5.09. The third-order valence-corrected chi connectivity index (χ3v) is 7.05. The molecular formula is C25H27N3O2S. The zero-order valence-corrected chi connectivity index (χ0v) is 18.9. The molecule has 1 N–H and O–H groups in total. The van der Waals surface area contributed by atoms with Crippen molar-refractivity contribution >= 4 is 26.7 Å². The van der Waals surface area contributed by atoms with Crippen LogP contribution in [-0.2, 0) is 29.4 Å². The van der Waals surface area contributed by atoms with Crippen LogP contribution in [0.4, 0.5) is 5.69 Å². The van der Waals surface area contributed by atoms with E-state index >= 15 is 0 Å². The Morgan fingerprint density at radius 2 is 1.68 bits per heavy atom. The number of anilines is 1. The van der Waals surface area contributed by atoms with Gasteiger partial charge in [0.15, 0.2) is 0 Å². The number of nitrogens with zero attached hydrogens (tertiary/aromatic N) is 2. The van der Waals surface area contributed by atoms with Gasteiger partial charge < -0.3 is 4.57 Å². The van der Waals surface area contributed by atoms with Crippen LogP contribution in [0.15, 0.2) is 71.6 Å². The number of aromatic nitrogens is 2. The van der Waals surface area contributed by atoms with Gasteiger partial charge in [0.1, 0.15) is 5.82 Å². The smallest absolute Gasteiger partial charge is 0.262 e. The minimum absolute atomic E-state index is 0.306. The first kappa shape index (κ1) is 21.1. The van der Waals surface area contributed by atoms with Crippen molar-refractivity contribution in [3.63, 3.8) is 0 Å². The summed E-state index contributed by atoms with van der Waals surface area (Å²) >= 11 is 0. The highest BCUT2D eigenvalue weighted by atomic mass is 32.2. The Morgan fingerprint density at radius 1 is 0.935 bits per heavy atom. The molecule has 0 bridgehead atoms. The lowest BCUT2D eigenvalue weighted by molar-refractivity contribution is 0.600. The van der Waals surface area contributed by atoms with Gasteiger partial charge in [-0.2, -0.15) is 0 Å². The van der Waals surface area contributed by atoms with Gasteiger partial charge in [-0.1, -0.05) is 42.0 Å². The number of para-hydroxylation sites is 2. The molecule has 0 spiro atoms. The van der Waals surface area contributed by atoms with Gasteiger partial charge in [0.05, 0.1) is 15.9 Å². The molecular weight excluding hydrogens is 406 g/mol. The molecule has 0 saturated heterocycles. The summed E-state index contributed by atoms with van der Waals surface area (Å²) in [6.07, 6.45) is 1.67. The van der Waals surface area contributed by atoms with Gasteiger partial charge in [-0.25, -0.2) is 13.4 Å². The fourth-order valence-corrected chi connectivity index (χ4v) is 5.26. The van der Waals surface area contributed by atoms with E-state index in [1.807, 2.05) is 68.4 Å². The number of imidazole rings is 1. The van der Waals surface area contributed by atoms with E-state index in [1.165, 1.54) is 0 Å². The van der Waals surface area contributed by atoms with Crippen molar-refractivity contribution in [1.29, 1.82) is 0 Å². The van der Waals surface area contributed by atoms with Gasteiger partial charge in [0, 0.05) is 18.7 Å². The normalized spacial score (nSPS) is 11.7. The van der Waals surface area contributed by atoms with Crippen LogP contribution < -0.4 is 4.72 Å². The molecule has 31 heavy (non-hydrogen) atoms. The van der Waals surface area contributed by atoms with Crippen LogP contribution in [0.2, 0.25) is 0 Å². The van der Waals surface area contributed by atoms with Crippen LogP contribution in [0.5, 0.6) is 0 Å². The fourth-order valence-electron chi connectivity index (χ4n) is 3.98. The van der Waals surface area contributed by atoms with Crippen LogP contribution in [-0.4, -0.2) is 18.0 Å². The van der Waals surface area contributed by atoms with Gasteiger partial charge >= 0.3 is 0 Å². The van der Waals surface area contributed by atoms with E-state index in [1.54, 1.807) is 6.07 Å². The molecule has 5 nitrogen and oxygen atoms in total. The van der Waals surface area contributed by atoms with Crippen LogP contribution in [0, 0.1) is 13.8 Å². The Bertz CT molecular complexity index is 1320. The highest BCUT2D eigenvalue weighted by molar-refractivity contribution is 7.92. The molecule has 0 amide bonds. The van der Waals surface area contributed by atoms with Crippen molar-refractivity contribution < 1.29 is 8.42 Å². The number of sulfonamides is 1. The molecule has 0 aliphatic rings. The highest BCUT2D eigenvalue weighted by Crippen LogP contribution is 2.22. The second-order valence-corrected chi connectivity index (χ2v) is 9.48. The van der Waals surface area contributed by atoms with E-state index in [9.17, 15) is 8.42 Å². The lowest BCUT2D eigenvalue weighted by Crippen LogP contribution is -2.14. The van der Waals surface area contributed by atoms with Crippen molar-refractivity contribution in [2.45, 2.75) is 45.1 Å². The lowest BCUT2D eigenvalue weighted by Gasteiger charge is -2.11. The molecule has 0 aliphatic heterocycles. The number of hydrogen-bond acceptors (Lipinski definition) is 3. The number of fused-ring (bicyclic) bond motifs is 1. The third-order valence-electron chi connectivity index (χ3n) is 5.51. The van der Waals surface area contributed by atoms with Crippen LogP contribution in [0.3, 0.4) is 0 Å². The van der Waals surface area contributed by atoms with E-state index in [4.69, 9.17) is 4.98 Å². The van der Waals surface area contributed by atoms with E-state index < -0.39 is 10.0 Å². The summed E-state index contributed by atoms with van der Waals surface area (Å²) < 4.78 is 30.5. The topological polar surface area (TPSA) is 64.0 Å². The summed E-state index contributed by atoms with van der Waals surface area (Å²) in [7, 11) is -3.62. The van der Waals surface area contributed by atoms with Crippen molar-refractivity contribution in [2.24, 2.45) is 0 Å². The molecule has 0 fully saturated rings. The van der Waals surface area contributed by atoms with Crippen LogP contribution >= 0.6 is 0 Å². The maximum absolute atomic E-state index is 12.8. The van der Waals surface area contributed by atoms with Crippen molar-refractivity contribution in [1.82, 2.24) is 9.55 Å². The average molecular weight is 434 g/mol. The summed E-state index contributed by atoms with van der Waals surface area (Å²) in [5.41, 5.74) is 5.67. The lowest BCUT2D eigenvalue weighted by atomic mass is 10.1. The number of benzene rings is 3. The Hall–Kier alpha value is -3.12. The molecule has 3 aromatic carbocycles. The Morgan fingerprint density at radius 3 is 2.39 bits per heavy atom. The molecule has 0 radical (unpaired) electrons. The quantitative estimate of drug-likeness (QED) is 0.432. The molecule has 0 atom stereocenters. The van der Waals surface area contributed by atoms with E-state index in [2.05, 4.69) is 22.3 Å². The van der Waals surface area contributed by atoms with Gasteiger partial charge in [0.25, 0.3) is 10.0 Å². The third kappa shape index (κ3) is 4.49. The molecule has 4 rings (SSSR count). The predicted molar refractivity (Wildman–Crippen MR) is 126 cm³/mol. The zero-order valence-electron chi connectivity index (χ0n) is 18.1. The number of aryl methyl sites for hydroxylation is 5. The highest BCUT2D eigenvalue weighted by Gasteiger charge is 2.17. The second kappa shape index (κ2) is 8.55. The summed E-state index contributed by atoms with van der Waals surface area (Å²) in [5.74, 6) is 1.07. The maximum atomic E-state index is 12.8. The summed E-state index contributed by atoms with van der Waals surface area (Å²) in [6.45, 7) is 6.78. The van der Waals surface area contributed by atoms with Gasteiger partial charge in [-0.15, -0.1) is 0 Å². The molecule has 0 unspecified atom stereocenters. The van der Waals surface area contributed by atoms with Crippen molar-refractivity contribution in [3.05, 3.63) is 89.2 Å². The Labute approximate surface area is 183 Å². The monoisotopic (exact) mass is 433 g/mol. The molecule has 6 heteroatoms. The SMILES string of the molecule is CCn1c(CCc2ccc(NS(=O)(=O)c3ccc(C)cc3C)cc2)nc2ccccc21. The second-order valence-electron chi connectivity index (χ2n) is 7.83. The standard InChI is InChI=1S/C25H27N3O2S/c1-4-28-23-8-6-5-7-22(23)26-25(28)16-12-20-10-13-21(14-11-20)27-31(29,30)24-15-9-18(2)17-19(24)3/h5-11,13-15,17,27H,4,12,16H2,1-3H3. The summed E-state index contributed by atoms with van der Waals surface area (Å²) in [5, 5.41) is 0. The first-order valence-electron chi connectivity index (χ1n) is 10.5. The van der Waals surface area contributed by atoms with E-state index in [-0.39, 0.29) is 0 Å². The largest absolute Gasteiger partial charge is 0.328 e. The van der Waals surface area contributed by atoms with E-state index in [0.29, 0.717) is 10.6 Å². The molecule has 4 aromatic rings. The number of rotatable bonds is 7. The van der Waals surface area contributed by atoms with Crippen molar-refractivity contribution in [2.75, 3.05) is 4.72 Å². The average Bonchev–Trinajstić information content (AvgIpc) is 3.10. The molecule has 0 aliphatic carbocycles. The molecule has 0 saturated carbocycles. The van der Waals surface area contributed by atoms with Crippen molar-refractivity contribution in [3.8, 4) is 0 Å². The Balaban J connectivity index is 1.46. The van der Waals surface area contributed by atoms with Gasteiger partial charge in [-0.3, -0.25) is 4.72 Å². The fraction of sp³-hybridized carbons (Fsp3) is 0.240. The summed E-state index contributed by atoms with van der Waals surface area (Å²) in [6, 6.07) is 21.1. The predicted octanol–water partition coefficient (Wildman–Crippen LogP) is 5.26. The van der Waals surface area contributed by atoms with Crippen LogP contribution in [0.25, 0.3) is 11.0 Å². The van der Waals surface area contributed by atoms with Gasteiger partial charge in [-0.05, 0) is 68.7 Å². The number of nitrogens with one attached hydrogen (secondary N) is 1. The molecule has 1 heterocycles. The minimum Gasteiger partial charge on any atom is -0.328 e. The zero-order chi connectivity index (χ0) is 22.0. The van der Waals surface area contributed by atoms with Gasteiger partial charge in [0.2, 0.25) is 0 Å². The molecule has 160 valence electrons.